The van der Waals surface area contributed by atoms with Gasteiger partial charge in [0, 0.05) is 6.54 Å². The van der Waals surface area contributed by atoms with Crippen LogP contribution in [0.4, 0.5) is 4.79 Å². The summed E-state index contributed by atoms with van der Waals surface area (Å²) in [4.78, 5) is 35.4. The smallest absolute Gasteiger partial charge is 0.277 e. The molecule has 1 heterocycles. The number of barbiturate groups is 1. The second-order valence-corrected chi connectivity index (χ2v) is 5.73. The number of hydrogen-bond donors (Lipinski definition) is 2. The van der Waals surface area contributed by atoms with Gasteiger partial charge in [-0.05, 0) is 6.42 Å². The van der Waals surface area contributed by atoms with Crippen LogP contribution < -0.4 is 10.5 Å². The zero-order chi connectivity index (χ0) is 13.9. The fourth-order valence-electron chi connectivity index (χ4n) is 1.63. The molecular weight excluding hydrogens is 262 g/mol. The van der Waals surface area contributed by atoms with Gasteiger partial charge < -0.3 is 0 Å². The van der Waals surface area contributed by atoms with Gasteiger partial charge in [0.05, 0.1) is 5.75 Å². The van der Waals surface area contributed by atoms with Gasteiger partial charge in [-0.25, -0.2) is 18.4 Å². The molecule has 1 saturated heterocycles. The van der Waals surface area contributed by atoms with Crippen molar-refractivity contribution < 1.29 is 22.8 Å². The number of primary sulfonamides is 1. The number of sulfonamides is 1. The van der Waals surface area contributed by atoms with Crippen molar-refractivity contribution in [3.63, 3.8) is 0 Å². The Balaban J connectivity index is 2.80. The molecule has 0 spiro atoms. The van der Waals surface area contributed by atoms with E-state index in [1.54, 1.807) is 6.92 Å². The first kappa shape index (κ1) is 14.6. The van der Waals surface area contributed by atoms with Crippen LogP contribution in [-0.4, -0.2) is 43.5 Å². The number of urea groups is 1. The van der Waals surface area contributed by atoms with Crippen molar-refractivity contribution >= 4 is 27.9 Å². The molecule has 0 aliphatic carbocycles. The Bertz CT molecular complexity index is 473. The minimum atomic E-state index is -3.77. The van der Waals surface area contributed by atoms with Crippen molar-refractivity contribution in [1.82, 2.24) is 10.2 Å². The van der Waals surface area contributed by atoms with Crippen molar-refractivity contribution in [2.45, 2.75) is 19.8 Å². The number of hydrogen-bond acceptors (Lipinski definition) is 5. The lowest BCUT2D eigenvalue weighted by Gasteiger charge is -2.29. The van der Waals surface area contributed by atoms with Crippen LogP contribution in [0.5, 0.6) is 0 Å². The number of nitrogens with zero attached hydrogens (tertiary/aromatic N) is 1. The maximum Gasteiger partial charge on any atom is 0.330 e. The van der Waals surface area contributed by atoms with E-state index in [-0.39, 0.29) is 6.54 Å². The molecule has 1 aliphatic heterocycles. The molecule has 1 fully saturated rings. The van der Waals surface area contributed by atoms with E-state index in [1.165, 1.54) is 0 Å². The maximum atomic E-state index is 11.9. The van der Waals surface area contributed by atoms with Gasteiger partial charge in [-0.3, -0.25) is 19.8 Å². The fraction of sp³-hybridized carbons (Fsp3) is 0.667. The highest BCUT2D eigenvalue weighted by Gasteiger charge is 2.39. The second kappa shape index (κ2) is 5.44. The molecule has 0 aromatic heterocycles. The highest BCUT2D eigenvalue weighted by atomic mass is 32.2. The number of nitrogens with two attached hydrogens (primary N) is 1. The lowest BCUT2D eigenvalue weighted by atomic mass is 9.99. The monoisotopic (exact) mass is 277 g/mol. The molecule has 18 heavy (non-hydrogen) atoms. The van der Waals surface area contributed by atoms with E-state index in [1.807, 2.05) is 5.32 Å². The van der Waals surface area contributed by atoms with Crippen molar-refractivity contribution in [2.24, 2.45) is 11.1 Å². The SMILES string of the molecule is CCCC1C(=O)NC(=O)N(CCS(N)(=O)=O)C1=O. The largest absolute Gasteiger partial charge is 0.330 e. The Morgan fingerprint density at radius 3 is 2.44 bits per heavy atom. The molecule has 1 unspecified atom stereocenters. The van der Waals surface area contributed by atoms with Crippen molar-refractivity contribution in [3.05, 3.63) is 0 Å². The van der Waals surface area contributed by atoms with Crippen LogP contribution in [0.3, 0.4) is 0 Å². The van der Waals surface area contributed by atoms with Crippen LogP contribution in [0, 0.1) is 5.92 Å². The van der Waals surface area contributed by atoms with Crippen molar-refractivity contribution in [1.29, 1.82) is 0 Å². The lowest BCUT2D eigenvalue weighted by molar-refractivity contribution is -0.142. The average Bonchev–Trinajstić information content (AvgIpc) is 2.22. The number of rotatable bonds is 5. The molecule has 1 rings (SSSR count). The van der Waals surface area contributed by atoms with Gasteiger partial charge in [0.15, 0.2) is 0 Å². The predicted molar refractivity (Wildman–Crippen MR) is 61.6 cm³/mol. The summed E-state index contributed by atoms with van der Waals surface area (Å²) < 4.78 is 21.6. The maximum absolute atomic E-state index is 11.9. The van der Waals surface area contributed by atoms with E-state index in [0.717, 1.165) is 0 Å². The Hall–Kier alpha value is -1.48. The third-order valence-electron chi connectivity index (χ3n) is 2.53. The fourth-order valence-corrected chi connectivity index (χ4v) is 2.07. The molecule has 9 heteroatoms. The normalized spacial score (nSPS) is 21.1. The molecule has 0 bridgehead atoms. The number of imide groups is 2. The summed E-state index contributed by atoms with van der Waals surface area (Å²) >= 11 is 0. The van der Waals surface area contributed by atoms with E-state index in [2.05, 4.69) is 0 Å². The molecule has 8 nitrogen and oxygen atoms in total. The molecule has 0 aromatic rings. The van der Waals surface area contributed by atoms with Gasteiger partial charge in [-0.2, -0.15) is 0 Å². The Morgan fingerprint density at radius 2 is 1.94 bits per heavy atom. The van der Waals surface area contributed by atoms with Gasteiger partial charge in [-0.1, -0.05) is 13.3 Å². The van der Waals surface area contributed by atoms with E-state index in [9.17, 15) is 22.8 Å². The Morgan fingerprint density at radius 1 is 1.33 bits per heavy atom. The topological polar surface area (TPSA) is 127 Å². The van der Waals surface area contributed by atoms with Crippen LogP contribution in [-0.2, 0) is 19.6 Å². The predicted octanol–water partition coefficient (Wildman–Crippen LogP) is -1.23. The van der Waals surface area contributed by atoms with Gasteiger partial charge in [-0.15, -0.1) is 0 Å². The molecule has 0 saturated carbocycles. The third-order valence-corrected chi connectivity index (χ3v) is 3.28. The summed E-state index contributed by atoms with van der Waals surface area (Å²) in [6, 6.07) is -0.902. The lowest BCUT2D eigenvalue weighted by Crippen LogP contribution is -2.58. The molecule has 3 N–H and O–H groups in total. The van der Waals surface area contributed by atoms with Crippen LogP contribution in [0.15, 0.2) is 0 Å². The van der Waals surface area contributed by atoms with Crippen LogP contribution in [0.1, 0.15) is 19.8 Å². The summed E-state index contributed by atoms with van der Waals surface area (Å²) in [7, 11) is -3.77. The average molecular weight is 277 g/mol. The van der Waals surface area contributed by atoms with Gasteiger partial charge in [0.25, 0.3) is 0 Å². The highest BCUT2D eigenvalue weighted by Crippen LogP contribution is 2.15. The van der Waals surface area contributed by atoms with E-state index >= 15 is 0 Å². The molecule has 0 radical (unpaired) electrons. The van der Waals surface area contributed by atoms with Gasteiger partial charge >= 0.3 is 6.03 Å². The minimum absolute atomic E-state index is 0.309. The summed E-state index contributed by atoms with van der Waals surface area (Å²) in [6.45, 7) is 1.45. The molecular formula is C9H15N3O5S. The van der Waals surface area contributed by atoms with Crippen LogP contribution >= 0.6 is 0 Å². The summed E-state index contributed by atoms with van der Waals surface area (Å²) in [6.07, 6.45) is 0.908. The second-order valence-electron chi connectivity index (χ2n) is 3.99. The number of amides is 4. The van der Waals surface area contributed by atoms with Gasteiger partial charge in [0.2, 0.25) is 21.8 Å². The summed E-state index contributed by atoms with van der Waals surface area (Å²) in [5.74, 6) is -2.78. The first-order valence-electron chi connectivity index (χ1n) is 5.43. The Labute approximate surface area is 105 Å². The van der Waals surface area contributed by atoms with E-state index < -0.39 is 39.5 Å². The zero-order valence-electron chi connectivity index (χ0n) is 9.88. The van der Waals surface area contributed by atoms with E-state index in [4.69, 9.17) is 5.14 Å². The molecule has 4 amide bonds. The molecule has 1 aliphatic rings. The van der Waals surface area contributed by atoms with Crippen molar-refractivity contribution in [2.75, 3.05) is 12.3 Å². The summed E-state index contributed by atoms with van der Waals surface area (Å²) in [5, 5.41) is 6.82. The highest BCUT2D eigenvalue weighted by molar-refractivity contribution is 7.89. The van der Waals surface area contributed by atoms with Crippen LogP contribution in [0.25, 0.3) is 0 Å². The first-order chi connectivity index (χ1) is 8.26. The number of nitrogens with one attached hydrogen (secondary N) is 1. The van der Waals surface area contributed by atoms with E-state index in [0.29, 0.717) is 17.7 Å². The van der Waals surface area contributed by atoms with Crippen molar-refractivity contribution in [3.8, 4) is 0 Å². The van der Waals surface area contributed by atoms with Crippen LogP contribution in [0.2, 0.25) is 0 Å². The zero-order valence-corrected chi connectivity index (χ0v) is 10.7. The molecule has 0 aromatic carbocycles. The first-order valence-corrected chi connectivity index (χ1v) is 7.14. The Kier molecular flexibility index (Phi) is 4.41. The third kappa shape index (κ3) is 3.50. The minimum Gasteiger partial charge on any atom is -0.277 e. The summed E-state index contributed by atoms with van der Waals surface area (Å²) in [5.41, 5.74) is 0. The standard InChI is InChI=1S/C9H15N3O5S/c1-2-3-6-7(13)11-9(15)12(8(6)14)4-5-18(10,16)17/h6H,2-5H2,1H3,(H2,10,16,17)(H,11,13,15). The number of carbonyl (C=O) groups is 3. The molecule has 1 atom stereocenters. The van der Waals surface area contributed by atoms with Gasteiger partial charge in [0.1, 0.15) is 5.92 Å². The molecule has 102 valence electrons. The quantitative estimate of drug-likeness (QED) is 0.608. The number of carbonyl (C=O) groups excluding carboxylic acids is 3.